The van der Waals surface area contributed by atoms with Crippen LogP contribution in [0.5, 0.6) is 11.5 Å². The quantitative estimate of drug-likeness (QED) is 0.847. The number of carbonyl (C=O) groups excluding carboxylic acids is 1. The predicted molar refractivity (Wildman–Crippen MR) is 88.2 cm³/mol. The van der Waals surface area contributed by atoms with E-state index in [0.29, 0.717) is 33.8 Å². The van der Waals surface area contributed by atoms with Gasteiger partial charge in [-0.05, 0) is 31.2 Å². The maximum Gasteiger partial charge on any atom is 0.262 e. The Hall–Kier alpha value is -1.91. The molecule has 0 saturated carbocycles. The van der Waals surface area contributed by atoms with Gasteiger partial charge in [0.25, 0.3) is 5.91 Å². The van der Waals surface area contributed by atoms with Crippen molar-refractivity contribution in [2.45, 2.75) is 6.92 Å². The van der Waals surface area contributed by atoms with Gasteiger partial charge in [0.1, 0.15) is 11.5 Å². The molecule has 0 heterocycles. The Bertz CT molecular complexity index is 641. The first kappa shape index (κ1) is 16.5. The van der Waals surface area contributed by atoms with Crippen LogP contribution in [0.1, 0.15) is 6.92 Å². The van der Waals surface area contributed by atoms with E-state index in [9.17, 15) is 4.79 Å². The van der Waals surface area contributed by atoms with E-state index in [1.54, 1.807) is 36.4 Å². The number of carbonyl (C=O) groups is 1. The Kier molecular flexibility index (Phi) is 5.92. The summed E-state index contributed by atoms with van der Waals surface area (Å²) in [6.07, 6.45) is 0. The van der Waals surface area contributed by atoms with Gasteiger partial charge in [0.2, 0.25) is 0 Å². The average Bonchev–Trinajstić information content (AvgIpc) is 2.50. The largest absolute Gasteiger partial charge is 0.494 e. The molecule has 22 heavy (non-hydrogen) atoms. The third-order valence-electron chi connectivity index (χ3n) is 2.71. The van der Waals surface area contributed by atoms with Crippen LogP contribution in [0.15, 0.2) is 42.5 Å². The molecule has 0 fully saturated rings. The lowest BCUT2D eigenvalue weighted by Crippen LogP contribution is -2.20. The standard InChI is InChI=1S/C16H15Cl2NO3/c1-2-21-11-5-3-6-12(9-11)22-10-15(20)19-16-13(17)7-4-8-14(16)18/h3-9H,2,10H2,1H3,(H,19,20). The molecule has 1 N–H and O–H groups in total. The molecule has 0 spiro atoms. The minimum atomic E-state index is -0.350. The Morgan fingerprint density at radius 3 is 2.27 bits per heavy atom. The zero-order valence-corrected chi connectivity index (χ0v) is 13.4. The summed E-state index contributed by atoms with van der Waals surface area (Å²) in [7, 11) is 0. The van der Waals surface area contributed by atoms with Crippen molar-refractivity contribution in [3.05, 3.63) is 52.5 Å². The molecule has 0 aromatic heterocycles. The van der Waals surface area contributed by atoms with Gasteiger partial charge in [0, 0.05) is 6.07 Å². The van der Waals surface area contributed by atoms with Crippen molar-refractivity contribution in [3.8, 4) is 11.5 Å². The lowest BCUT2D eigenvalue weighted by molar-refractivity contribution is -0.118. The number of para-hydroxylation sites is 1. The first-order valence-corrected chi connectivity index (χ1v) is 7.45. The SMILES string of the molecule is CCOc1cccc(OCC(=O)Nc2c(Cl)cccc2Cl)c1. The van der Waals surface area contributed by atoms with Crippen molar-refractivity contribution in [1.82, 2.24) is 0 Å². The van der Waals surface area contributed by atoms with E-state index in [0.717, 1.165) is 0 Å². The highest BCUT2D eigenvalue weighted by Crippen LogP contribution is 2.29. The van der Waals surface area contributed by atoms with E-state index in [1.807, 2.05) is 13.0 Å². The first-order chi connectivity index (χ1) is 10.6. The second-order valence-corrected chi connectivity index (χ2v) is 5.16. The zero-order valence-electron chi connectivity index (χ0n) is 11.9. The Morgan fingerprint density at radius 2 is 1.64 bits per heavy atom. The molecule has 0 aliphatic carbocycles. The molecule has 0 aliphatic heterocycles. The van der Waals surface area contributed by atoms with Gasteiger partial charge in [-0.15, -0.1) is 0 Å². The Morgan fingerprint density at radius 1 is 1.05 bits per heavy atom. The molecule has 116 valence electrons. The lowest BCUT2D eigenvalue weighted by atomic mass is 10.3. The van der Waals surface area contributed by atoms with Crippen molar-refractivity contribution in [2.24, 2.45) is 0 Å². The molecule has 2 rings (SSSR count). The van der Waals surface area contributed by atoms with E-state index in [-0.39, 0.29) is 12.5 Å². The molecule has 0 atom stereocenters. The van der Waals surface area contributed by atoms with Crippen molar-refractivity contribution in [3.63, 3.8) is 0 Å². The Balaban J connectivity index is 1.94. The molecular weight excluding hydrogens is 325 g/mol. The van der Waals surface area contributed by atoms with Gasteiger partial charge in [-0.1, -0.05) is 35.3 Å². The van der Waals surface area contributed by atoms with Crippen LogP contribution in [0.25, 0.3) is 0 Å². The van der Waals surface area contributed by atoms with E-state index in [4.69, 9.17) is 32.7 Å². The maximum absolute atomic E-state index is 11.9. The summed E-state index contributed by atoms with van der Waals surface area (Å²) >= 11 is 12.0. The van der Waals surface area contributed by atoms with E-state index < -0.39 is 0 Å². The summed E-state index contributed by atoms with van der Waals surface area (Å²) in [5.41, 5.74) is 0.377. The van der Waals surface area contributed by atoms with Crippen LogP contribution in [0.2, 0.25) is 10.0 Å². The number of hydrogen-bond donors (Lipinski definition) is 1. The van der Waals surface area contributed by atoms with Crippen LogP contribution in [-0.4, -0.2) is 19.1 Å². The maximum atomic E-state index is 11.9. The third-order valence-corrected chi connectivity index (χ3v) is 3.34. The number of benzene rings is 2. The molecule has 1 amide bonds. The van der Waals surface area contributed by atoms with Crippen LogP contribution in [0, 0.1) is 0 Å². The third kappa shape index (κ3) is 4.55. The predicted octanol–water partition coefficient (Wildman–Crippen LogP) is 4.41. The van der Waals surface area contributed by atoms with Gasteiger partial charge in [0.15, 0.2) is 6.61 Å². The van der Waals surface area contributed by atoms with Gasteiger partial charge < -0.3 is 14.8 Å². The fourth-order valence-electron chi connectivity index (χ4n) is 1.76. The topological polar surface area (TPSA) is 47.6 Å². The summed E-state index contributed by atoms with van der Waals surface area (Å²) < 4.78 is 10.8. The fourth-order valence-corrected chi connectivity index (χ4v) is 2.25. The van der Waals surface area contributed by atoms with Gasteiger partial charge in [-0.25, -0.2) is 0 Å². The van der Waals surface area contributed by atoms with E-state index >= 15 is 0 Å². The van der Waals surface area contributed by atoms with Crippen molar-refractivity contribution in [1.29, 1.82) is 0 Å². The van der Waals surface area contributed by atoms with Crippen LogP contribution >= 0.6 is 23.2 Å². The fraction of sp³-hybridized carbons (Fsp3) is 0.188. The zero-order chi connectivity index (χ0) is 15.9. The van der Waals surface area contributed by atoms with Crippen LogP contribution in [-0.2, 0) is 4.79 Å². The molecule has 0 radical (unpaired) electrons. The number of anilines is 1. The summed E-state index contributed by atoms with van der Waals surface area (Å²) in [5.74, 6) is 0.887. The molecule has 0 saturated heterocycles. The smallest absolute Gasteiger partial charge is 0.262 e. The number of rotatable bonds is 6. The monoisotopic (exact) mass is 339 g/mol. The normalized spacial score (nSPS) is 10.1. The van der Waals surface area contributed by atoms with Gasteiger partial charge >= 0.3 is 0 Å². The van der Waals surface area contributed by atoms with Gasteiger partial charge in [-0.2, -0.15) is 0 Å². The molecule has 2 aromatic rings. The number of halogens is 2. The number of amides is 1. The van der Waals surface area contributed by atoms with Gasteiger partial charge in [-0.3, -0.25) is 4.79 Å². The molecule has 4 nitrogen and oxygen atoms in total. The average molecular weight is 340 g/mol. The van der Waals surface area contributed by atoms with Crippen LogP contribution in [0.3, 0.4) is 0 Å². The van der Waals surface area contributed by atoms with Crippen molar-refractivity contribution >= 4 is 34.8 Å². The summed E-state index contributed by atoms with van der Waals surface area (Å²) in [6.45, 7) is 2.31. The molecule has 2 aromatic carbocycles. The molecule has 0 bridgehead atoms. The number of nitrogens with one attached hydrogen (secondary N) is 1. The highest BCUT2D eigenvalue weighted by atomic mass is 35.5. The molecule has 0 aliphatic rings. The summed E-state index contributed by atoms with van der Waals surface area (Å²) in [4.78, 5) is 11.9. The van der Waals surface area contributed by atoms with Crippen molar-refractivity contribution in [2.75, 3.05) is 18.5 Å². The highest BCUT2D eigenvalue weighted by molar-refractivity contribution is 6.39. The van der Waals surface area contributed by atoms with Crippen LogP contribution < -0.4 is 14.8 Å². The number of hydrogen-bond acceptors (Lipinski definition) is 3. The van der Waals surface area contributed by atoms with Crippen molar-refractivity contribution < 1.29 is 14.3 Å². The summed E-state index contributed by atoms with van der Waals surface area (Å²) in [5, 5.41) is 3.38. The second-order valence-electron chi connectivity index (χ2n) is 4.34. The minimum absolute atomic E-state index is 0.156. The Labute approximate surface area is 138 Å². The van der Waals surface area contributed by atoms with E-state index in [1.165, 1.54) is 0 Å². The first-order valence-electron chi connectivity index (χ1n) is 6.69. The molecule has 0 unspecified atom stereocenters. The highest BCUT2D eigenvalue weighted by Gasteiger charge is 2.10. The van der Waals surface area contributed by atoms with Crippen LogP contribution in [0.4, 0.5) is 5.69 Å². The van der Waals surface area contributed by atoms with E-state index in [2.05, 4.69) is 5.32 Å². The van der Waals surface area contributed by atoms with Gasteiger partial charge in [0.05, 0.1) is 22.3 Å². The molecular formula is C16H15Cl2NO3. The summed E-state index contributed by atoms with van der Waals surface area (Å²) in [6, 6.07) is 12.1. The molecule has 6 heteroatoms. The second kappa shape index (κ2) is 7.92. The minimum Gasteiger partial charge on any atom is -0.494 e. The number of ether oxygens (including phenoxy) is 2. The lowest BCUT2D eigenvalue weighted by Gasteiger charge is -2.11.